The molecular formula is C17H20N2O2. The molecule has 3 N–H and O–H groups in total. The Balaban J connectivity index is 2.34. The van der Waals surface area contributed by atoms with Gasteiger partial charge in [-0.1, -0.05) is 17.7 Å². The van der Waals surface area contributed by atoms with E-state index in [0.29, 0.717) is 11.3 Å². The summed E-state index contributed by atoms with van der Waals surface area (Å²) in [5, 5.41) is 2.90. The second-order valence-electron chi connectivity index (χ2n) is 5.13. The summed E-state index contributed by atoms with van der Waals surface area (Å²) in [5.41, 5.74) is 10.5. The maximum atomic E-state index is 12.4. The van der Waals surface area contributed by atoms with Crippen molar-refractivity contribution in [2.75, 3.05) is 18.2 Å². The van der Waals surface area contributed by atoms with E-state index in [1.807, 2.05) is 39.0 Å². The lowest BCUT2D eigenvalue weighted by molar-refractivity contribution is 0.102. The minimum absolute atomic E-state index is 0.217. The van der Waals surface area contributed by atoms with Crippen LogP contribution in [0.2, 0.25) is 0 Å². The Morgan fingerprint density at radius 1 is 1.14 bits per heavy atom. The fourth-order valence-corrected chi connectivity index (χ4v) is 2.33. The fourth-order valence-electron chi connectivity index (χ4n) is 2.33. The molecule has 0 aliphatic carbocycles. The Morgan fingerprint density at radius 2 is 1.86 bits per heavy atom. The van der Waals surface area contributed by atoms with Crippen molar-refractivity contribution in [3.63, 3.8) is 0 Å². The van der Waals surface area contributed by atoms with E-state index in [1.165, 1.54) is 0 Å². The van der Waals surface area contributed by atoms with Gasteiger partial charge in [0.25, 0.3) is 5.91 Å². The van der Waals surface area contributed by atoms with Crippen LogP contribution in [0.5, 0.6) is 5.75 Å². The van der Waals surface area contributed by atoms with Crippen LogP contribution in [-0.4, -0.2) is 13.0 Å². The Hall–Kier alpha value is -2.49. The van der Waals surface area contributed by atoms with E-state index >= 15 is 0 Å². The molecule has 0 heterocycles. The van der Waals surface area contributed by atoms with Crippen molar-refractivity contribution in [2.45, 2.75) is 20.8 Å². The molecule has 2 aromatic rings. The molecule has 0 fully saturated rings. The molecule has 0 saturated heterocycles. The number of ether oxygens (including phenoxy) is 1. The molecular weight excluding hydrogens is 264 g/mol. The number of nitrogens with one attached hydrogen (secondary N) is 1. The molecule has 0 unspecified atom stereocenters. The van der Waals surface area contributed by atoms with Crippen molar-refractivity contribution in [3.8, 4) is 5.75 Å². The lowest BCUT2D eigenvalue weighted by Crippen LogP contribution is -2.15. The van der Waals surface area contributed by atoms with Gasteiger partial charge in [-0.3, -0.25) is 4.79 Å². The minimum Gasteiger partial charge on any atom is -0.496 e. The number of rotatable bonds is 3. The molecule has 0 bridgehead atoms. The maximum absolute atomic E-state index is 12.4. The van der Waals surface area contributed by atoms with Crippen LogP contribution in [0.3, 0.4) is 0 Å². The van der Waals surface area contributed by atoms with Gasteiger partial charge < -0.3 is 15.8 Å². The Labute approximate surface area is 124 Å². The normalized spacial score (nSPS) is 10.3. The van der Waals surface area contributed by atoms with Crippen LogP contribution in [0, 0.1) is 20.8 Å². The molecule has 0 spiro atoms. The van der Waals surface area contributed by atoms with Gasteiger partial charge in [0.15, 0.2) is 0 Å². The van der Waals surface area contributed by atoms with Crippen LogP contribution in [0.1, 0.15) is 27.0 Å². The number of benzene rings is 2. The molecule has 1 amide bonds. The van der Waals surface area contributed by atoms with Gasteiger partial charge in [0.1, 0.15) is 5.75 Å². The molecule has 21 heavy (non-hydrogen) atoms. The number of carbonyl (C=O) groups is 1. The predicted molar refractivity (Wildman–Crippen MR) is 86.0 cm³/mol. The maximum Gasteiger partial charge on any atom is 0.257 e. The summed E-state index contributed by atoms with van der Waals surface area (Å²) in [6, 6.07) is 9.20. The van der Waals surface area contributed by atoms with Crippen LogP contribution in [0.25, 0.3) is 0 Å². The first kappa shape index (κ1) is 14.9. The van der Waals surface area contributed by atoms with Crippen LogP contribution < -0.4 is 15.8 Å². The Bertz CT molecular complexity index is 693. The summed E-state index contributed by atoms with van der Waals surface area (Å²) in [6.07, 6.45) is 0. The first-order chi connectivity index (χ1) is 9.93. The quantitative estimate of drug-likeness (QED) is 0.848. The summed E-state index contributed by atoms with van der Waals surface area (Å²) >= 11 is 0. The van der Waals surface area contributed by atoms with Crippen LogP contribution in [0.15, 0.2) is 30.3 Å². The van der Waals surface area contributed by atoms with Crippen LogP contribution in [0.4, 0.5) is 11.4 Å². The van der Waals surface area contributed by atoms with Crippen LogP contribution in [-0.2, 0) is 0 Å². The van der Waals surface area contributed by atoms with Crippen LogP contribution >= 0.6 is 0 Å². The fraction of sp³-hybridized carbons (Fsp3) is 0.235. The minimum atomic E-state index is -0.217. The van der Waals surface area contributed by atoms with Gasteiger partial charge in [0, 0.05) is 16.9 Å². The smallest absolute Gasteiger partial charge is 0.257 e. The highest BCUT2D eigenvalue weighted by molar-refractivity contribution is 6.08. The summed E-state index contributed by atoms with van der Waals surface area (Å²) in [7, 11) is 1.62. The number of anilines is 2. The molecule has 0 saturated carbocycles. The third-order valence-electron chi connectivity index (χ3n) is 3.51. The zero-order chi connectivity index (χ0) is 15.6. The molecule has 0 aliphatic heterocycles. The molecule has 2 aromatic carbocycles. The molecule has 4 heteroatoms. The van der Waals surface area contributed by atoms with Crippen molar-refractivity contribution in [3.05, 3.63) is 52.6 Å². The lowest BCUT2D eigenvalue weighted by atomic mass is 10.1. The van der Waals surface area contributed by atoms with E-state index in [1.54, 1.807) is 19.2 Å². The molecule has 2 rings (SSSR count). The van der Waals surface area contributed by atoms with Gasteiger partial charge in [-0.05, 0) is 44.5 Å². The van der Waals surface area contributed by atoms with E-state index in [0.717, 1.165) is 28.1 Å². The molecule has 110 valence electrons. The summed E-state index contributed by atoms with van der Waals surface area (Å²) in [4.78, 5) is 12.4. The van der Waals surface area contributed by atoms with Gasteiger partial charge >= 0.3 is 0 Å². The Morgan fingerprint density at radius 3 is 2.52 bits per heavy atom. The SMILES string of the molecule is COc1c(C)ccc(NC(=O)c2cc(C)ccc2N)c1C. The number of amides is 1. The monoisotopic (exact) mass is 284 g/mol. The first-order valence-electron chi connectivity index (χ1n) is 6.75. The first-order valence-corrected chi connectivity index (χ1v) is 6.75. The molecule has 0 atom stereocenters. The van der Waals surface area contributed by atoms with Crippen molar-refractivity contribution in [1.82, 2.24) is 0 Å². The lowest BCUT2D eigenvalue weighted by Gasteiger charge is -2.14. The highest BCUT2D eigenvalue weighted by Crippen LogP contribution is 2.29. The number of nitrogens with two attached hydrogens (primary N) is 1. The summed E-state index contributed by atoms with van der Waals surface area (Å²) in [5.74, 6) is 0.565. The molecule has 0 aromatic heterocycles. The average Bonchev–Trinajstić information content (AvgIpc) is 2.45. The highest BCUT2D eigenvalue weighted by Gasteiger charge is 2.14. The Kier molecular flexibility index (Phi) is 4.17. The van der Waals surface area contributed by atoms with Crippen molar-refractivity contribution in [2.24, 2.45) is 0 Å². The third-order valence-corrected chi connectivity index (χ3v) is 3.51. The zero-order valence-electron chi connectivity index (χ0n) is 12.8. The topological polar surface area (TPSA) is 64.3 Å². The van der Waals surface area contributed by atoms with Gasteiger partial charge in [-0.15, -0.1) is 0 Å². The van der Waals surface area contributed by atoms with E-state index < -0.39 is 0 Å². The third kappa shape index (κ3) is 2.99. The number of methoxy groups -OCH3 is 1. The molecule has 4 nitrogen and oxygen atoms in total. The molecule has 0 radical (unpaired) electrons. The summed E-state index contributed by atoms with van der Waals surface area (Å²) < 4.78 is 5.37. The van der Waals surface area contributed by atoms with Gasteiger partial charge in [0.2, 0.25) is 0 Å². The molecule has 0 aliphatic rings. The largest absolute Gasteiger partial charge is 0.496 e. The number of hydrogen-bond acceptors (Lipinski definition) is 3. The number of nitrogen functional groups attached to an aromatic ring is 1. The van der Waals surface area contributed by atoms with Crippen molar-refractivity contribution in [1.29, 1.82) is 0 Å². The second kappa shape index (κ2) is 5.87. The van der Waals surface area contributed by atoms with Gasteiger partial charge in [-0.25, -0.2) is 0 Å². The highest BCUT2D eigenvalue weighted by atomic mass is 16.5. The number of aryl methyl sites for hydroxylation is 2. The number of carbonyl (C=O) groups excluding carboxylic acids is 1. The van der Waals surface area contributed by atoms with Crippen molar-refractivity contribution < 1.29 is 9.53 Å². The van der Waals surface area contributed by atoms with E-state index in [-0.39, 0.29) is 5.91 Å². The average molecular weight is 284 g/mol. The zero-order valence-corrected chi connectivity index (χ0v) is 12.8. The predicted octanol–water partition coefficient (Wildman–Crippen LogP) is 3.45. The van der Waals surface area contributed by atoms with Gasteiger partial charge in [0.05, 0.1) is 12.7 Å². The van der Waals surface area contributed by atoms with E-state index in [2.05, 4.69) is 5.32 Å². The number of hydrogen-bond donors (Lipinski definition) is 2. The van der Waals surface area contributed by atoms with E-state index in [9.17, 15) is 4.79 Å². The van der Waals surface area contributed by atoms with Gasteiger partial charge in [-0.2, -0.15) is 0 Å². The van der Waals surface area contributed by atoms with Crippen molar-refractivity contribution >= 4 is 17.3 Å². The standard InChI is InChI=1S/C17H20N2O2/c1-10-5-7-14(18)13(9-10)17(20)19-15-8-6-11(2)16(21-4)12(15)3/h5-9H,18H2,1-4H3,(H,19,20). The summed E-state index contributed by atoms with van der Waals surface area (Å²) in [6.45, 7) is 5.81. The van der Waals surface area contributed by atoms with E-state index in [4.69, 9.17) is 10.5 Å². The second-order valence-corrected chi connectivity index (χ2v) is 5.13.